The Morgan fingerprint density at radius 3 is 1.58 bits per heavy atom. The normalized spacial score (nSPS) is 16.0. The van der Waals surface area contributed by atoms with E-state index in [0.717, 1.165) is 17.1 Å². The number of carboxylic acids is 1. The van der Waals surface area contributed by atoms with E-state index < -0.39 is 192 Å². The monoisotopic (exact) mass is 1820 g/mol. The largest absolute Gasteiger partial charge is 0.508 e. The molecule has 6 rings (SSSR count). The Balaban J connectivity index is 1.09. The molecular weight excluding hydrogens is 1690 g/mol. The number of nitrogens with two attached hydrogens (primary N) is 2. The number of amides is 14. The number of carboxylic acid groups (broad SMARTS) is 1. The Labute approximate surface area is 764 Å². The van der Waals surface area contributed by atoms with Crippen LogP contribution in [0.2, 0.25) is 0 Å². The zero-order valence-corrected chi connectivity index (χ0v) is 76.7. The van der Waals surface area contributed by atoms with Crippen LogP contribution in [0.25, 0.3) is 0 Å². The molecule has 0 radical (unpaired) electrons. The number of nitrogens with zero attached hydrogens (tertiary/aromatic N) is 5. The van der Waals surface area contributed by atoms with Gasteiger partial charge in [-0.3, -0.25) is 102 Å². The zero-order valence-electron chi connectivity index (χ0n) is 76.7. The van der Waals surface area contributed by atoms with Gasteiger partial charge in [-0.1, -0.05) is 103 Å². The number of likely N-dealkylation sites (tertiary alicyclic amines) is 2. The van der Waals surface area contributed by atoms with Gasteiger partial charge in [0, 0.05) is 121 Å². The number of phenolic OH excluding ortho intramolecular Hbond substituents is 1. The van der Waals surface area contributed by atoms with Crippen molar-refractivity contribution < 1.29 is 96.5 Å². The lowest BCUT2D eigenvalue weighted by Crippen LogP contribution is -2.59. The van der Waals surface area contributed by atoms with Crippen molar-refractivity contribution in [2.75, 3.05) is 73.0 Å². The number of imide groups is 1. The first kappa shape index (κ1) is 107. The van der Waals surface area contributed by atoms with E-state index in [1.165, 1.54) is 89.1 Å². The minimum atomic E-state index is -1.27. The first-order chi connectivity index (χ1) is 61.9. The predicted octanol–water partition coefficient (Wildman–Crippen LogP) is 1.90. The van der Waals surface area contributed by atoms with E-state index >= 15 is 24.0 Å². The third-order valence-corrected chi connectivity index (χ3v) is 23.2. The number of carbonyl (C=O) groups is 18. The number of phenols is 1. The highest BCUT2D eigenvalue weighted by Crippen LogP contribution is 2.33. The summed E-state index contributed by atoms with van der Waals surface area (Å²) in [7, 11) is 2.88. The van der Waals surface area contributed by atoms with Crippen molar-refractivity contribution in [2.24, 2.45) is 40.6 Å². The van der Waals surface area contributed by atoms with Crippen molar-refractivity contribution in [3.8, 4) is 5.75 Å². The van der Waals surface area contributed by atoms with Gasteiger partial charge in [0.15, 0.2) is 29.3 Å². The molecule has 18 N–H and O–H groups in total. The average Bonchev–Trinajstić information content (AvgIpc) is 1.68. The second-order valence-electron chi connectivity index (χ2n) is 35.5. The summed E-state index contributed by atoms with van der Waals surface area (Å²) in [6.07, 6.45) is 3.00. The number of Topliss-reactive ketones (excluding diaryl/α,β-unsaturated/α-hetero) is 3. The molecule has 0 unspecified atom stereocenters. The van der Waals surface area contributed by atoms with Gasteiger partial charge in [0.2, 0.25) is 65.0 Å². The van der Waals surface area contributed by atoms with E-state index in [-0.39, 0.29) is 189 Å². The molecule has 0 aromatic heterocycles. The molecule has 10 atom stereocenters. The molecule has 3 aliphatic rings. The number of aromatic hydroxyl groups is 1. The van der Waals surface area contributed by atoms with E-state index in [0.29, 0.717) is 29.5 Å². The van der Waals surface area contributed by atoms with Gasteiger partial charge in [-0.25, -0.2) is 0 Å². The molecule has 0 spiro atoms. The maximum Gasteiger partial charge on any atom is 0.307 e. The number of carbonyl (C=O) groups excluding carboxylic acids is 17. The fourth-order valence-corrected chi connectivity index (χ4v) is 15.9. The highest BCUT2D eigenvalue weighted by molar-refractivity contribution is 6.13. The van der Waals surface area contributed by atoms with Crippen LogP contribution in [-0.4, -0.2) is 274 Å². The molecule has 39 nitrogen and oxygen atoms in total. The van der Waals surface area contributed by atoms with Crippen molar-refractivity contribution in [3.63, 3.8) is 0 Å². The molecule has 131 heavy (non-hydrogen) atoms. The predicted molar refractivity (Wildman–Crippen MR) is 484 cm³/mol. The lowest BCUT2D eigenvalue weighted by atomic mass is 9.76. The van der Waals surface area contributed by atoms with Gasteiger partial charge >= 0.3 is 5.97 Å². The first-order valence-corrected chi connectivity index (χ1v) is 44.8. The highest BCUT2D eigenvalue weighted by Gasteiger charge is 2.47. The maximum atomic E-state index is 15.4. The lowest BCUT2D eigenvalue weighted by molar-refractivity contribution is -0.154. The van der Waals surface area contributed by atoms with Crippen LogP contribution in [0.4, 0.5) is 0 Å². The Hall–Kier alpha value is -13.0. The summed E-state index contributed by atoms with van der Waals surface area (Å²) in [6, 6.07) is 10.7. The van der Waals surface area contributed by atoms with Crippen LogP contribution in [0, 0.1) is 39.9 Å². The highest BCUT2D eigenvalue weighted by atomic mass is 16.4. The summed E-state index contributed by atoms with van der Waals surface area (Å²) in [4.78, 5) is 254. The van der Waals surface area contributed by atoms with Crippen LogP contribution in [-0.2, 0) is 89.6 Å². The van der Waals surface area contributed by atoms with Crippen molar-refractivity contribution in [1.82, 2.24) is 77.7 Å². The van der Waals surface area contributed by atoms with Crippen molar-refractivity contribution in [2.45, 2.75) is 232 Å². The molecule has 2 fully saturated rings. The van der Waals surface area contributed by atoms with E-state index in [2.05, 4.69) is 53.2 Å². The molecule has 3 aromatic rings. The molecule has 716 valence electrons. The molecule has 0 aliphatic carbocycles. The Bertz CT molecular complexity index is 4560. The van der Waals surface area contributed by atoms with Crippen molar-refractivity contribution in [3.05, 3.63) is 113 Å². The van der Waals surface area contributed by atoms with Gasteiger partial charge in [0.25, 0.3) is 17.7 Å². The molecule has 3 aliphatic heterocycles. The van der Waals surface area contributed by atoms with Gasteiger partial charge in [-0.2, -0.15) is 0 Å². The van der Waals surface area contributed by atoms with E-state index in [4.69, 9.17) is 22.3 Å². The average molecular weight is 1830 g/mol. The van der Waals surface area contributed by atoms with Gasteiger partial charge in [0.1, 0.15) is 42.0 Å². The summed E-state index contributed by atoms with van der Waals surface area (Å²) in [5, 5.41) is 62.2. The maximum absolute atomic E-state index is 15.4. The topological polar surface area (TPSA) is 584 Å². The molecular formula is C92H133N19O20. The molecule has 0 saturated carbocycles. The summed E-state index contributed by atoms with van der Waals surface area (Å²) >= 11 is 0. The number of likely N-dealkylation sites (N-methyl/N-ethyl adjacent to an activating group) is 2. The van der Waals surface area contributed by atoms with Crippen LogP contribution < -0.4 is 64.6 Å². The Morgan fingerprint density at radius 1 is 0.504 bits per heavy atom. The van der Waals surface area contributed by atoms with E-state index in [1.54, 1.807) is 51.1 Å². The van der Waals surface area contributed by atoms with Crippen LogP contribution >= 0.6 is 0 Å². The SMILES string of the molecule is CC(=O)c1ccc(C(=O)N[C@@H](CCCCNC(=O)CCC(=O)NCC(=O)N[C@@H](Cc2ccccc2)C(=O)N[C@@H](CC(C)C)C(=O)NCC(=O)NCCCN2C(=O)C=CC2=O)C(=O)N2CCC[C@H]2C(=O)N(C)[C@@H](CC(C)C)C(=O)N2CCC[C@H]2C(=O)N(C)[C@@H](CCCNC(=N)N)C(=O)C[C@H](C(=O)N[C@@H](CCCNC(=N)N)C(=O)C[C@@H](Cc2ccc(O)cc2)C(=O)O)C(C)(C)C)cc1. The molecule has 14 amide bonds. The van der Waals surface area contributed by atoms with E-state index in [1.807, 2.05) is 27.7 Å². The smallest absolute Gasteiger partial charge is 0.307 e. The molecule has 39 heteroatoms. The molecule has 3 aromatic carbocycles. The quantitative estimate of drug-likeness (QED) is 0.0126. The summed E-state index contributed by atoms with van der Waals surface area (Å²) < 4.78 is 0. The summed E-state index contributed by atoms with van der Waals surface area (Å²) in [5.74, 6) is -14.8. The standard InChI is InChI=1S/C92H133N19O20/c1-55(2)47-67(83(124)102-53-77(118)98-43-20-46-111-79(120)38-39-80(111)121)106-84(125)68(50-58-21-12-11-13-22-58)103-78(119)54-101-76(117)37-36-75(116)97-40-15-14-23-66(105-81(122)61-32-30-60(31-33-61)57(5)112)85(126)109-44-18-26-70(109)87(128)108(10)72(48-56(3)4)88(129)110-45-19-27-71(110)86(127)107(9)69(25-17-42-100-91(95)96)74(115)52-64(92(6,7)8)82(123)104-65(24-16-41-99-90(93)94)73(114)51-62(89(130)131)49-59-28-34-63(113)35-29-59/h11-13,21-22,28-35,38-39,55-56,62,64-72,113H,14-20,23-27,36-37,40-54H2,1-10H3,(H,97,116)(H,98,118)(H,101,117)(H,102,124)(H,103,119)(H,104,123)(H,105,122)(H,106,125)(H,130,131)(H4,93,94,99)(H4,95,96,100)/t62-,64-,65+,66+,67+,68+,69+,70+,71+,72+/m1/s1. The fraction of sp³-hybridized carbons (Fsp3) is 0.565. The van der Waals surface area contributed by atoms with Gasteiger partial charge in [-0.05, 0) is 156 Å². The Kier molecular flexibility index (Phi) is 42.9. The second kappa shape index (κ2) is 52.6. The van der Waals surface area contributed by atoms with E-state index in [9.17, 15) is 72.5 Å². The minimum absolute atomic E-state index is 0.000819. The number of guanidine groups is 2. The van der Waals surface area contributed by atoms with Crippen LogP contribution in [0.15, 0.2) is 91.0 Å². The third kappa shape index (κ3) is 35.1. The fourth-order valence-electron chi connectivity index (χ4n) is 15.9. The Morgan fingerprint density at radius 2 is 1.02 bits per heavy atom. The number of nitrogens with one attached hydrogen (secondary N) is 12. The molecule has 0 bridgehead atoms. The first-order valence-electron chi connectivity index (χ1n) is 44.8. The minimum Gasteiger partial charge on any atom is -0.508 e. The van der Waals surface area contributed by atoms with Crippen LogP contribution in [0.5, 0.6) is 5.75 Å². The lowest BCUT2D eigenvalue weighted by Gasteiger charge is -2.38. The number of hydrogen-bond acceptors (Lipinski definition) is 21. The van der Waals surface area contributed by atoms with Crippen LogP contribution in [0.3, 0.4) is 0 Å². The summed E-state index contributed by atoms with van der Waals surface area (Å²) in [5.41, 5.74) is 11.8. The third-order valence-electron chi connectivity index (χ3n) is 23.2. The van der Waals surface area contributed by atoms with Crippen molar-refractivity contribution in [1.29, 1.82) is 10.8 Å². The molecule has 3 heterocycles. The number of rotatable bonds is 54. The van der Waals surface area contributed by atoms with Gasteiger partial charge in [-0.15, -0.1) is 0 Å². The van der Waals surface area contributed by atoms with Gasteiger partial charge in [0.05, 0.1) is 31.1 Å². The van der Waals surface area contributed by atoms with Crippen molar-refractivity contribution >= 4 is 118 Å². The number of aliphatic carboxylic acids is 1. The number of unbranched alkanes of at least 4 members (excludes halogenated alkanes) is 1. The second-order valence-corrected chi connectivity index (χ2v) is 35.5. The number of hydrogen-bond donors (Lipinski definition) is 16. The summed E-state index contributed by atoms with van der Waals surface area (Å²) in [6.45, 7) is 13.5. The number of benzene rings is 3. The van der Waals surface area contributed by atoms with Gasteiger partial charge < -0.3 is 94.4 Å². The molecule has 2 saturated heterocycles. The number of ketones is 3. The zero-order chi connectivity index (χ0) is 96.9. The van der Waals surface area contributed by atoms with Crippen LogP contribution in [0.1, 0.15) is 203 Å².